The molecule has 1 fully saturated rings. The van der Waals surface area contributed by atoms with E-state index in [0.717, 1.165) is 25.2 Å². The lowest BCUT2D eigenvalue weighted by molar-refractivity contribution is -0.138. The lowest BCUT2D eigenvalue weighted by Gasteiger charge is -2.28. The van der Waals surface area contributed by atoms with Crippen LogP contribution in [0.15, 0.2) is 78.9 Å². The Morgan fingerprint density at radius 3 is 2.17 bits per heavy atom. The number of esters is 1. The summed E-state index contributed by atoms with van der Waals surface area (Å²) in [6, 6.07) is 27.5. The van der Waals surface area contributed by atoms with Gasteiger partial charge >= 0.3 is 5.97 Å². The predicted molar refractivity (Wildman–Crippen MR) is 146 cm³/mol. The summed E-state index contributed by atoms with van der Waals surface area (Å²) in [7, 11) is 0. The van der Waals surface area contributed by atoms with E-state index in [-0.39, 0.29) is 11.9 Å². The molecule has 1 atom stereocenters. The Balaban J connectivity index is 1.19. The van der Waals surface area contributed by atoms with Gasteiger partial charge in [0, 0.05) is 0 Å². The summed E-state index contributed by atoms with van der Waals surface area (Å²) in [5.74, 6) is 2.02. The maximum atomic E-state index is 12.6. The van der Waals surface area contributed by atoms with Crippen LogP contribution in [0.3, 0.4) is 0 Å². The fourth-order valence-electron chi connectivity index (χ4n) is 5.44. The van der Waals surface area contributed by atoms with Crippen molar-refractivity contribution in [3.63, 3.8) is 0 Å². The second kappa shape index (κ2) is 12.7. The van der Waals surface area contributed by atoms with Crippen LogP contribution in [0.2, 0.25) is 0 Å². The van der Waals surface area contributed by atoms with Crippen molar-refractivity contribution in [1.82, 2.24) is 0 Å². The Morgan fingerprint density at radius 1 is 0.857 bits per heavy atom. The van der Waals surface area contributed by atoms with Gasteiger partial charge in [-0.3, -0.25) is 4.79 Å². The van der Waals surface area contributed by atoms with E-state index < -0.39 is 0 Å². The summed E-state index contributed by atoms with van der Waals surface area (Å²) < 4.78 is 5.70. The molecule has 0 aromatic heterocycles. The van der Waals surface area contributed by atoms with E-state index in [1.54, 1.807) is 0 Å². The zero-order valence-electron chi connectivity index (χ0n) is 21.4. The summed E-state index contributed by atoms with van der Waals surface area (Å²) >= 11 is 0. The molecule has 3 aromatic carbocycles. The third-order valence-corrected chi connectivity index (χ3v) is 7.68. The first-order valence-electron chi connectivity index (χ1n) is 13.6. The molecule has 0 saturated heterocycles. The number of carbonyl (C=O) groups excluding carboxylic acids is 1. The smallest absolute Gasteiger partial charge is 0.314 e. The number of carbonyl (C=O) groups is 1. The second-order valence-corrected chi connectivity index (χ2v) is 10.4. The Morgan fingerprint density at radius 2 is 1.51 bits per heavy atom. The van der Waals surface area contributed by atoms with Gasteiger partial charge in [0.05, 0.1) is 5.92 Å². The van der Waals surface area contributed by atoms with Gasteiger partial charge in [-0.25, -0.2) is 0 Å². The third-order valence-electron chi connectivity index (χ3n) is 7.68. The van der Waals surface area contributed by atoms with Crippen molar-refractivity contribution >= 4 is 5.97 Å². The average molecular weight is 469 g/mol. The molecule has 2 heteroatoms. The molecule has 1 saturated carbocycles. The van der Waals surface area contributed by atoms with E-state index in [1.165, 1.54) is 60.8 Å². The lowest BCUT2D eigenvalue weighted by atomic mass is 9.77. The molecule has 0 spiro atoms. The summed E-state index contributed by atoms with van der Waals surface area (Å²) in [6.45, 7) is 4.27. The van der Waals surface area contributed by atoms with Gasteiger partial charge < -0.3 is 4.74 Å². The standard InChI is InChI=1S/C33H40O2/c1-3-8-26-13-17-30(18-14-26)31-21-23-32(24-22-31)35-33(34)25(2)9-7-10-27-15-19-29(20-16-27)28-11-5-4-6-12-28/h4-6,11-12,15-16,19-26,30H,3,7-10,13-14,17-18H2,1-2H3. The van der Waals surface area contributed by atoms with E-state index in [2.05, 4.69) is 67.6 Å². The highest BCUT2D eigenvalue weighted by Crippen LogP contribution is 2.37. The lowest BCUT2D eigenvalue weighted by Crippen LogP contribution is -2.18. The van der Waals surface area contributed by atoms with Crippen molar-refractivity contribution in [2.75, 3.05) is 0 Å². The summed E-state index contributed by atoms with van der Waals surface area (Å²) in [4.78, 5) is 12.6. The Labute approximate surface area is 211 Å². The predicted octanol–water partition coefficient (Wildman–Crippen LogP) is 8.99. The largest absolute Gasteiger partial charge is 0.426 e. The number of hydrogen-bond donors (Lipinski definition) is 0. The molecule has 3 aromatic rings. The van der Waals surface area contributed by atoms with Crippen LogP contribution in [0.4, 0.5) is 0 Å². The molecule has 2 nitrogen and oxygen atoms in total. The van der Waals surface area contributed by atoms with Crippen LogP contribution in [0.1, 0.15) is 82.3 Å². The van der Waals surface area contributed by atoms with Crippen molar-refractivity contribution < 1.29 is 9.53 Å². The summed E-state index contributed by atoms with van der Waals surface area (Å²) in [5, 5.41) is 0. The Kier molecular flexibility index (Phi) is 9.17. The van der Waals surface area contributed by atoms with Crippen molar-refractivity contribution in [1.29, 1.82) is 0 Å². The molecular formula is C33H40O2. The minimum atomic E-state index is -0.128. The molecule has 1 aliphatic rings. The monoisotopic (exact) mass is 468 g/mol. The molecule has 1 aliphatic carbocycles. The molecule has 0 amide bonds. The van der Waals surface area contributed by atoms with E-state index in [1.807, 2.05) is 25.1 Å². The highest BCUT2D eigenvalue weighted by molar-refractivity contribution is 5.74. The van der Waals surface area contributed by atoms with E-state index >= 15 is 0 Å². The summed E-state index contributed by atoms with van der Waals surface area (Å²) in [6.07, 6.45) is 10.7. The molecular weight excluding hydrogens is 428 g/mol. The van der Waals surface area contributed by atoms with Gasteiger partial charge in [0.2, 0.25) is 0 Å². The number of aryl methyl sites for hydroxylation is 1. The fraction of sp³-hybridized carbons (Fsp3) is 0.424. The fourth-order valence-corrected chi connectivity index (χ4v) is 5.44. The van der Waals surface area contributed by atoms with Crippen LogP contribution >= 0.6 is 0 Å². The van der Waals surface area contributed by atoms with Gasteiger partial charge in [0.25, 0.3) is 0 Å². The first-order chi connectivity index (χ1) is 17.1. The SMILES string of the molecule is CCCC1CCC(c2ccc(OC(=O)C(C)CCCc3ccc(-c4ccccc4)cc3)cc2)CC1. The Bertz CT molecular complexity index is 1030. The minimum absolute atomic E-state index is 0.105. The molecule has 0 bridgehead atoms. The van der Waals surface area contributed by atoms with Gasteiger partial charge in [-0.2, -0.15) is 0 Å². The topological polar surface area (TPSA) is 26.3 Å². The molecule has 0 radical (unpaired) electrons. The van der Waals surface area contributed by atoms with Crippen LogP contribution in [-0.4, -0.2) is 5.97 Å². The molecule has 4 rings (SSSR count). The van der Waals surface area contributed by atoms with Crippen LogP contribution in [-0.2, 0) is 11.2 Å². The van der Waals surface area contributed by atoms with E-state index in [9.17, 15) is 4.79 Å². The molecule has 0 N–H and O–H groups in total. The maximum Gasteiger partial charge on any atom is 0.314 e. The number of benzene rings is 3. The van der Waals surface area contributed by atoms with Crippen LogP contribution < -0.4 is 4.74 Å². The van der Waals surface area contributed by atoms with Gasteiger partial charge in [-0.05, 0) is 91.2 Å². The van der Waals surface area contributed by atoms with Crippen molar-refractivity contribution in [2.45, 2.75) is 77.6 Å². The number of rotatable bonds is 10. The zero-order valence-corrected chi connectivity index (χ0v) is 21.4. The van der Waals surface area contributed by atoms with Gasteiger partial charge in [-0.1, -0.05) is 93.4 Å². The number of hydrogen-bond acceptors (Lipinski definition) is 2. The second-order valence-electron chi connectivity index (χ2n) is 10.4. The molecule has 0 heterocycles. The molecule has 184 valence electrons. The van der Waals surface area contributed by atoms with Gasteiger partial charge in [0.15, 0.2) is 0 Å². The molecule has 35 heavy (non-hydrogen) atoms. The number of ether oxygens (including phenoxy) is 1. The minimum Gasteiger partial charge on any atom is -0.426 e. The highest BCUT2D eigenvalue weighted by atomic mass is 16.5. The maximum absolute atomic E-state index is 12.6. The summed E-state index contributed by atoms with van der Waals surface area (Å²) in [5.41, 5.74) is 5.18. The first-order valence-corrected chi connectivity index (χ1v) is 13.6. The van der Waals surface area contributed by atoms with Crippen molar-refractivity contribution in [3.8, 4) is 16.9 Å². The normalized spacial score (nSPS) is 18.7. The highest BCUT2D eigenvalue weighted by Gasteiger charge is 2.22. The van der Waals surface area contributed by atoms with Crippen LogP contribution in [0, 0.1) is 11.8 Å². The van der Waals surface area contributed by atoms with Crippen LogP contribution in [0.5, 0.6) is 5.75 Å². The zero-order chi connectivity index (χ0) is 24.5. The molecule has 0 aliphatic heterocycles. The van der Waals surface area contributed by atoms with Gasteiger partial charge in [0.1, 0.15) is 5.75 Å². The quantitative estimate of drug-likeness (QED) is 0.219. The van der Waals surface area contributed by atoms with Crippen molar-refractivity contribution in [2.24, 2.45) is 11.8 Å². The third kappa shape index (κ3) is 7.31. The van der Waals surface area contributed by atoms with E-state index in [0.29, 0.717) is 11.7 Å². The van der Waals surface area contributed by atoms with Crippen molar-refractivity contribution in [3.05, 3.63) is 90.0 Å². The average Bonchev–Trinajstić information content (AvgIpc) is 2.90. The Hall–Kier alpha value is -2.87. The van der Waals surface area contributed by atoms with E-state index in [4.69, 9.17) is 4.74 Å². The van der Waals surface area contributed by atoms with Crippen LogP contribution in [0.25, 0.3) is 11.1 Å². The first kappa shape index (κ1) is 25.2. The van der Waals surface area contributed by atoms with Gasteiger partial charge in [-0.15, -0.1) is 0 Å². The molecule has 1 unspecified atom stereocenters.